The van der Waals surface area contributed by atoms with Crippen molar-refractivity contribution >= 4 is 17.6 Å². The van der Waals surface area contributed by atoms with Crippen LogP contribution in [0.3, 0.4) is 0 Å². The number of carbonyl (C=O) groups is 2. The fourth-order valence-corrected chi connectivity index (χ4v) is 1.20. The van der Waals surface area contributed by atoms with Crippen LogP contribution in [0, 0.1) is 0 Å². The van der Waals surface area contributed by atoms with E-state index in [9.17, 15) is 9.59 Å². The number of pyridine rings is 1. The summed E-state index contributed by atoms with van der Waals surface area (Å²) in [6, 6.07) is 3.15. The summed E-state index contributed by atoms with van der Waals surface area (Å²) in [6.45, 7) is 2.51. The number of rotatable bonds is 6. The number of hydrogen-bond acceptors (Lipinski definition) is 5. The molecule has 7 nitrogen and oxygen atoms in total. The SMILES string of the molecule is CCCNC(=O)CNC(=O)c1ccc(NN)nc1. The van der Waals surface area contributed by atoms with Gasteiger partial charge in [-0.3, -0.25) is 9.59 Å². The lowest BCUT2D eigenvalue weighted by Crippen LogP contribution is -2.37. The fraction of sp³-hybridized carbons (Fsp3) is 0.364. The minimum absolute atomic E-state index is 0.0459. The van der Waals surface area contributed by atoms with Crippen LogP contribution in [0.5, 0.6) is 0 Å². The molecule has 1 rings (SSSR count). The summed E-state index contributed by atoms with van der Waals surface area (Å²) in [5.74, 6) is 5.06. The molecule has 0 aromatic carbocycles. The predicted molar refractivity (Wildman–Crippen MR) is 67.7 cm³/mol. The Bertz CT molecular complexity index is 404. The number of nitrogens with two attached hydrogens (primary N) is 1. The van der Waals surface area contributed by atoms with Crippen molar-refractivity contribution in [2.75, 3.05) is 18.5 Å². The summed E-state index contributed by atoms with van der Waals surface area (Å²) < 4.78 is 0. The number of carbonyl (C=O) groups excluding carboxylic acids is 2. The van der Waals surface area contributed by atoms with Gasteiger partial charge in [0.15, 0.2) is 0 Å². The maximum Gasteiger partial charge on any atom is 0.253 e. The number of nitrogen functional groups attached to an aromatic ring is 1. The number of amides is 2. The van der Waals surface area contributed by atoms with E-state index in [4.69, 9.17) is 5.84 Å². The number of nitrogens with one attached hydrogen (secondary N) is 3. The van der Waals surface area contributed by atoms with Gasteiger partial charge in [-0.15, -0.1) is 0 Å². The number of hydrazine groups is 1. The third-order valence-corrected chi connectivity index (χ3v) is 2.16. The molecule has 0 radical (unpaired) electrons. The van der Waals surface area contributed by atoms with Gasteiger partial charge in [0.25, 0.3) is 5.91 Å². The van der Waals surface area contributed by atoms with Gasteiger partial charge in [0, 0.05) is 12.7 Å². The van der Waals surface area contributed by atoms with Crippen molar-refractivity contribution in [3.8, 4) is 0 Å². The van der Waals surface area contributed by atoms with Crippen molar-refractivity contribution in [1.29, 1.82) is 0 Å². The lowest BCUT2D eigenvalue weighted by atomic mass is 10.2. The number of aromatic nitrogens is 1. The molecule has 0 bridgehead atoms. The first kappa shape index (κ1) is 13.9. The van der Waals surface area contributed by atoms with E-state index in [-0.39, 0.29) is 18.4 Å². The molecule has 7 heteroatoms. The number of anilines is 1. The highest BCUT2D eigenvalue weighted by Crippen LogP contribution is 2.02. The molecule has 0 spiro atoms. The topological polar surface area (TPSA) is 109 Å². The molecule has 0 aliphatic heterocycles. The van der Waals surface area contributed by atoms with Gasteiger partial charge < -0.3 is 16.1 Å². The minimum Gasteiger partial charge on any atom is -0.355 e. The van der Waals surface area contributed by atoms with Crippen LogP contribution in [0.4, 0.5) is 5.82 Å². The molecule has 0 saturated heterocycles. The standard InChI is InChI=1S/C11H17N5O2/c1-2-5-13-10(17)7-15-11(18)8-3-4-9(16-12)14-6-8/h3-4,6H,2,5,7,12H2,1H3,(H,13,17)(H,14,16)(H,15,18). The van der Waals surface area contributed by atoms with E-state index in [2.05, 4.69) is 21.0 Å². The van der Waals surface area contributed by atoms with Crippen molar-refractivity contribution in [1.82, 2.24) is 15.6 Å². The van der Waals surface area contributed by atoms with Crippen LogP contribution in [0.2, 0.25) is 0 Å². The molecule has 0 aliphatic carbocycles. The molecule has 98 valence electrons. The zero-order chi connectivity index (χ0) is 13.4. The fourth-order valence-electron chi connectivity index (χ4n) is 1.20. The Morgan fingerprint density at radius 2 is 2.11 bits per heavy atom. The predicted octanol–water partition coefficient (Wildman–Crippen LogP) is -0.377. The van der Waals surface area contributed by atoms with Crippen LogP contribution < -0.4 is 21.9 Å². The molecule has 0 aliphatic rings. The van der Waals surface area contributed by atoms with E-state index < -0.39 is 0 Å². The Hall–Kier alpha value is -2.15. The molecule has 0 fully saturated rings. The minimum atomic E-state index is -0.349. The highest BCUT2D eigenvalue weighted by molar-refractivity contribution is 5.96. The normalized spacial score (nSPS) is 9.67. The molecule has 0 unspecified atom stereocenters. The summed E-state index contributed by atoms with van der Waals surface area (Å²) in [5.41, 5.74) is 2.73. The zero-order valence-corrected chi connectivity index (χ0v) is 10.2. The average Bonchev–Trinajstić information content (AvgIpc) is 2.42. The van der Waals surface area contributed by atoms with Crippen LogP contribution in [0.1, 0.15) is 23.7 Å². The summed E-state index contributed by atoms with van der Waals surface area (Å²) in [5, 5.41) is 5.16. The van der Waals surface area contributed by atoms with Crippen LogP contribution >= 0.6 is 0 Å². The average molecular weight is 251 g/mol. The lowest BCUT2D eigenvalue weighted by molar-refractivity contribution is -0.120. The Kier molecular flexibility index (Phi) is 5.59. The molecule has 0 atom stereocenters. The third-order valence-electron chi connectivity index (χ3n) is 2.16. The first-order valence-corrected chi connectivity index (χ1v) is 5.65. The van der Waals surface area contributed by atoms with Crippen LogP contribution in [-0.2, 0) is 4.79 Å². The van der Waals surface area contributed by atoms with Crippen LogP contribution in [-0.4, -0.2) is 29.9 Å². The molecule has 2 amide bonds. The van der Waals surface area contributed by atoms with E-state index in [1.54, 1.807) is 12.1 Å². The van der Waals surface area contributed by atoms with Crippen LogP contribution in [0.15, 0.2) is 18.3 Å². The maximum atomic E-state index is 11.6. The molecule has 1 heterocycles. The number of hydrogen-bond donors (Lipinski definition) is 4. The molecule has 18 heavy (non-hydrogen) atoms. The molecule has 1 aromatic heterocycles. The van der Waals surface area contributed by atoms with Gasteiger partial charge in [-0.25, -0.2) is 10.8 Å². The van der Waals surface area contributed by atoms with E-state index in [1.807, 2.05) is 6.92 Å². The molecule has 0 saturated carbocycles. The lowest BCUT2D eigenvalue weighted by Gasteiger charge is -2.06. The molecule has 1 aromatic rings. The molecular weight excluding hydrogens is 234 g/mol. The summed E-state index contributed by atoms with van der Waals surface area (Å²) in [7, 11) is 0. The third kappa shape index (κ3) is 4.38. The van der Waals surface area contributed by atoms with Gasteiger partial charge in [0.05, 0.1) is 12.1 Å². The maximum absolute atomic E-state index is 11.6. The van der Waals surface area contributed by atoms with Gasteiger partial charge in [-0.2, -0.15) is 0 Å². The quantitative estimate of drug-likeness (QED) is 0.407. The monoisotopic (exact) mass is 251 g/mol. The first-order valence-electron chi connectivity index (χ1n) is 5.65. The van der Waals surface area contributed by atoms with Crippen molar-refractivity contribution < 1.29 is 9.59 Å². The van der Waals surface area contributed by atoms with Gasteiger partial charge in [0.1, 0.15) is 5.82 Å². The van der Waals surface area contributed by atoms with E-state index >= 15 is 0 Å². The second kappa shape index (κ2) is 7.23. The molecular formula is C11H17N5O2. The highest BCUT2D eigenvalue weighted by Gasteiger charge is 2.07. The van der Waals surface area contributed by atoms with Crippen molar-refractivity contribution in [3.63, 3.8) is 0 Å². The highest BCUT2D eigenvalue weighted by atomic mass is 16.2. The van der Waals surface area contributed by atoms with E-state index in [1.165, 1.54) is 6.20 Å². The van der Waals surface area contributed by atoms with Crippen molar-refractivity contribution in [3.05, 3.63) is 23.9 Å². The van der Waals surface area contributed by atoms with Crippen molar-refractivity contribution in [2.24, 2.45) is 5.84 Å². The smallest absolute Gasteiger partial charge is 0.253 e. The largest absolute Gasteiger partial charge is 0.355 e. The zero-order valence-electron chi connectivity index (χ0n) is 10.2. The van der Waals surface area contributed by atoms with Crippen molar-refractivity contribution in [2.45, 2.75) is 13.3 Å². The van der Waals surface area contributed by atoms with Gasteiger partial charge in [0.2, 0.25) is 5.91 Å². The Balaban J connectivity index is 2.42. The Morgan fingerprint density at radius 1 is 1.33 bits per heavy atom. The van der Waals surface area contributed by atoms with Gasteiger partial charge in [-0.1, -0.05) is 6.92 Å². The van der Waals surface area contributed by atoms with Gasteiger partial charge >= 0.3 is 0 Å². The van der Waals surface area contributed by atoms with Gasteiger partial charge in [-0.05, 0) is 18.6 Å². The van der Waals surface area contributed by atoms with Crippen LogP contribution in [0.25, 0.3) is 0 Å². The second-order valence-corrected chi connectivity index (χ2v) is 3.61. The second-order valence-electron chi connectivity index (χ2n) is 3.61. The Labute approximate surface area is 105 Å². The van der Waals surface area contributed by atoms with E-state index in [0.717, 1.165) is 6.42 Å². The summed E-state index contributed by atoms with van der Waals surface area (Å²) in [4.78, 5) is 26.8. The Morgan fingerprint density at radius 3 is 2.67 bits per heavy atom. The number of nitrogens with zero attached hydrogens (tertiary/aromatic N) is 1. The summed E-state index contributed by atoms with van der Waals surface area (Å²) in [6.07, 6.45) is 2.24. The van der Waals surface area contributed by atoms with E-state index in [0.29, 0.717) is 17.9 Å². The molecule has 5 N–H and O–H groups in total. The summed E-state index contributed by atoms with van der Waals surface area (Å²) >= 11 is 0. The first-order chi connectivity index (χ1) is 8.67.